The summed E-state index contributed by atoms with van der Waals surface area (Å²) in [5.74, 6) is -0.420. The Morgan fingerprint density at radius 3 is 2.65 bits per heavy atom. The molecule has 20 heavy (non-hydrogen) atoms. The molecule has 2 N–H and O–H groups in total. The van der Waals surface area contributed by atoms with Gasteiger partial charge in [-0.2, -0.15) is 0 Å². The highest BCUT2D eigenvalue weighted by atomic mass is 16.4. The molecule has 0 aromatic rings. The maximum atomic E-state index is 12.1. The smallest absolute Gasteiger partial charge is 0.326 e. The number of amides is 2. The molecule has 2 rings (SSSR count). The Bertz CT molecular complexity index is 373. The standard InChI is InChI=1S/C14H25N3O3/c1-10(2)16-7-5-11(9-16)8-15-14(20)17-6-3-4-12(17)13(18)19/h10-12H,3-9H2,1-2H3,(H,15,20)(H,18,19)/t11?,12-/m1/s1. The zero-order valence-corrected chi connectivity index (χ0v) is 12.3. The van der Waals surface area contributed by atoms with Crippen LogP contribution in [0.25, 0.3) is 0 Å². The van der Waals surface area contributed by atoms with Crippen LogP contribution in [0, 0.1) is 5.92 Å². The fourth-order valence-electron chi connectivity index (χ4n) is 3.10. The number of hydrogen-bond acceptors (Lipinski definition) is 3. The predicted molar refractivity (Wildman–Crippen MR) is 75.6 cm³/mol. The molecule has 0 aromatic heterocycles. The molecule has 0 aromatic carbocycles. The molecule has 6 heteroatoms. The SMILES string of the molecule is CC(C)N1CCC(CNC(=O)N2CCC[C@@H]2C(=O)O)C1. The molecule has 2 amide bonds. The van der Waals surface area contributed by atoms with E-state index in [1.807, 2.05) is 0 Å². The third-order valence-corrected chi connectivity index (χ3v) is 4.39. The van der Waals surface area contributed by atoms with E-state index in [-0.39, 0.29) is 6.03 Å². The van der Waals surface area contributed by atoms with Gasteiger partial charge < -0.3 is 20.2 Å². The first kappa shape index (κ1) is 15.1. The Morgan fingerprint density at radius 2 is 2.05 bits per heavy atom. The van der Waals surface area contributed by atoms with Crippen molar-refractivity contribution in [3.05, 3.63) is 0 Å². The van der Waals surface area contributed by atoms with E-state index in [1.54, 1.807) is 0 Å². The van der Waals surface area contributed by atoms with Crippen LogP contribution in [0.1, 0.15) is 33.1 Å². The summed E-state index contributed by atoms with van der Waals surface area (Å²) in [4.78, 5) is 27.0. The van der Waals surface area contributed by atoms with Gasteiger partial charge in [0.2, 0.25) is 0 Å². The zero-order chi connectivity index (χ0) is 14.7. The minimum atomic E-state index is -0.899. The van der Waals surface area contributed by atoms with Crippen molar-refractivity contribution < 1.29 is 14.7 Å². The van der Waals surface area contributed by atoms with Crippen molar-refractivity contribution >= 4 is 12.0 Å². The van der Waals surface area contributed by atoms with Gasteiger partial charge in [0.25, 0.3) is 0 Å². The van der Waals surface area contributed by atoms with Crippen molar-refractivity contribution in [2.24, 2.45) is 5.92 Å². The molecule has 0 spiro atoms. The Kier molecular flexibility index (Phi) is 4.86. The summed E-state index contributed by atoms with van der Waals surface area (Å²) in [6.07, 6.45) is 2.43. The molecule has 6 nitrogen and oxygen atoms in total. The number of rotatable bonds is 4. The van der Waals surface area contributed by atoms with Crippen molar-refractivity contribution in [1.82, 2.24) is 15.1 Å². The number of carbonyl (C=O) groups excluding carboxylic acids is 1. The molecule has 2 saturated heterocycles. The van der Waals surface area contributed by atoms with Crippen LogP contribution in [0.5, 0.6) is 0 Å². The number of nitrogens with zero attached hydrogens (tertiary/aromatic N) is 2. The Balaban J connectivity index is 1.77. The van der Waals surface area contributed by atoms with E-state index < -0.39 is 12.0 Å². The number of likely N-dealkylation sites (tertiary alicyclic amines) is 2. The lowest BCUT2D eigenvalue weighted by molar-refractivity contribution is -0.141. The predicted octanol–water partition coefficient (Wildman–Crippen LogP) is 0.975. The number of carboxylic acid groups (broad SMARTS) is 1. The van der Waals surface area contributed by atoms with Crippen molar-refractivity contribution in [3.63, 3.8) is 0 Å². The highest BCUT2D eigenvalue weighted by Gasteiger charge is 2.34. The first-order chi connectivity index (χ1) is 9.49. The summed E-state index contributed by atoms with van der Waals surface area (Å²) in [5, 5.41) is 12.0. The molecule has 0 aliphatic carbocycles. The normalized spacial score (nSPS) is 27.2. The molecule has 1 unspecified atom stereocenters. The van der Waals surface area contributed by atoms with E-state index in [9.17, 15) is 9.59 Å². The monoisotopic (exact) mass is 283 g/mol. The van der Waals surface area contributed by atoms with E-state index >= 15 is 0 Å². The number of aliphatic carboxylic acids is 1. The fraction of sp³-hybridized carbons (Fsp3) is 0.857. The van der Waals surface area contributed by atoms with Crippen LogP contribution in [0.2, 0.25) is 0 Å². The maximum Gasteiger partial charge on any atom is 0.326 e. The zero-order valence-electron chi connectivity index (χ0n) is 12.3. The van der Waals surface area contributed by atoms with E-state index in [0.717, 1.165) is 25.9 Å². The van der Waals surface area contributed by atoms with E-state index in [2.05, 4.69) is 24.1 Å². The van der Waals surface area contributed by atoms with Crippen molar-refractivity contribution in [2.45, 2.75) is 45.2 Å². The number of hydrogen-bond donors (Lipinski definition) is 2. The van der Waals surface area contributed by atoms with Gasteiger partial charge in [0.15, 0.2) is 0 Å². The highest BCUT2D eigenvalue weighted by Crippen LogP contribution is 2.19. The topological polar surface area (TPSA) is 72.9 Å². The van der Waals surface area contributed by atoms with Crippen LogP contribution in [0.3, 0.4) is 0 Å². The fourth-order valence-corrected chi connectivity index (χ4v) is 3.10. The van der Waals surface area contributed by atoms with Gasteiger partial charge in [0.05, 0.1) is 0 Å². The summed E-state index contributed by atoms with van der Waals surface area (Å²) < 4.78 is 0. The van der Waals surface area contributed by atoms with Gasteiger partial charge in [-0.05, 0) is 45.6 Å². The number of carboxylic acids is 1. The number of nitrogens with one attached hydrogen (secondary N) is 1. The minimum Gasteiger partial charge on any atom is -0.480 e. The summed E-state index contributed by atoms with van der Waals surface area (Å²) in [7, 11) is 0. The molecule has 114 valence electrons. The quantitative estimate of drug-likeness (QED) is 0.806. The second-order valence-electron chi connectivity index (χ2n) is 6.12. The largest absolute Gasteiger partial charge is 0.480 e. The lowest BCUT2D eigenvalue weighted by atomic mass is 10.1. The van der Waals surface area contributed by atoms with Gasteiger partial charge in [-0.25, -0.2) is 9.59 Å². The summed E-state index contributed by atoms with van der Waals surface area (Å²) >= 11 is 0. The molecule has 0 saturated carbocycles. The first-order valence-corrected chi connectivity index (χ1v) is 7.50. The van der Waals surface area contributed by atoms with Crippen LogP contribution < -0.4 is 5.32 Å². The Labute approximate surface area is 120 Å². The molecule has 2 aliphatic rings. The molecular weight excluding hydrogens is 258 g/mol. The molecule has 2 atom stereocenters. The number of carbonyl (C=O) groups is 2. The maximum absolute atomic E-state index is 12.1. The van der Waals surface area contributed by atoms with E-state index in [1.165, 1.54) is 4.90 Å². The van der Waals surface area contributed by atoms with Crippen molar-refractivity contribution in [2.75, 3.05) is 26.2 Å². The second kappa shape index (κ2) is 6.43. The lowest BCUT2D eigenvalue weighted by Crippen LogP contribution is -2.47. The third kappa shape index (κ3) is 3.42. The van der Waals surface area contributed by atoms with Gasteiger partial charge in [0, 0.05) is 25.7 Å². The van der Waals surface area contributed by atoms with Crippen molar-refractivity contribution in [1.29, 1.82) is 0 Å². The van der Waals surface area contributed by atoms with Crippen LogP contribution >= 0.6 is 0 Å². The molecule has 2 fully saturated rings. The third-order valence-electron chi connectivity index (χ3n) is 4.39. The molecule has 0 radical (unpaired) electrons. The molecule has 2 heterocycles. The first-order valence-electron chi connectivity index (χ1n) is 7.50. The van der Waals surface area contributed by atoms with Gasteiger partial charge >= 0.3 is 12.0 Å². The highest BCUT2D eigenvalue weighted by molar-refractivity contribution is 5.83. The van der Waals surface area contributed by atoms with E-state index in [0.29, 0.717) is 31.5 Å². The Morgan fingerprint density at radius 1 is 1.30 bits per heavy atom. The van der Waals surface area contributed by atoms with Crippen molar-refractivity contribution in [3.8, 4) is 0 Å². The molecule has 2 aliphatic heterocycles. The Hall–Kier alpha value is -1.30. The van der Waals surface area contributed by atoms with E-state index in [4.69, 9.17) is 5.11 Å². The second-order valence-corrected chi connectivity index (χ2v) is 6.12. The molecule has 0 bridgehead atoms. The lowest BCUT2D eigenvalue weighted by Gasteiger charge is -2.23. The van der Waals surface area contributed by atoms with Crippen LogP contribution in [0.15, 0.2) is 0 Å². The summed E-state index contributed by atoms with van der Waals surface area (Å²) in [6.45, 7) is 7.65. The van der Waals surface area contributed by atoms with Gasteiger partial charge in [0.1, 0.15) is 6.04 Å². The molecular formula is C14H25N3O3. The van der Waals surface area contributed by atoms with Crippen LogP contribution in [-0.4, -0.2) is 65.2 Å². The van der Waals surface area contributed by atoms with Crippen LogP contribution in [0.4, 0.5) is 4.79 Å². The summed E-state index contributed by atoms with van der Waals surface area (Å²) in [5.41, 5.74) is 0. The van der Waals surface area contributed by atoms with Gasteiger partial charge in [-0.15, -0.1) is 0 Å². The van der Waals surface area contributed by atoms with Gasteiger partial charge in [-0.3, -0.25) is 0 Å². The average molecular weight is 283 g/mol. The summed E-state index contributed by atoms with van der Waals surface area (Å²) in [6, 6.07) is -0.325. The average Bonchev–Trinajstić information content (AvgIpc) is 3.04. The minimum absolute atomic E-state index is 0.224. The van der Waals surface area contributed by atoms with Crippen LogP contribution in [-0.2, 0) is 4.79 Å². The number of urea groups is 1. The van der Waals surface area contributed by atoms with Gasteiger partial charge in [-0.1, -0.05) is 0 Å².